The van der Waals surface area contributed by atoms with E-state index in [1.807, 2.05) is 61.9 Å². The van der Waals surface area contributed by atoms with Gasteiger partial charge in [-0.2, -0.15) is 5.10 Å². The van der Waals surface area contributed by atoms with Crippen LogP contribution in [0.4, 0.5) is 0 Å². The fourth-order valence-corrected chi connectivity index (χ4v) is 3.88. The summed E-state index contributed by atoms with van der Waals surface area (Å²) in [5.74, 6) is 0.445. The summed E-state index contributed by atoms with van der Waals surface area (Å²) in [6.07, 6.45) is 1.61. The summed E-state index contributed by atoms with van der Waals surface area (Å²) in [7, 11) is 3.03. The molecule has 7 nitrogen and oxygen atoms in total. The zero-order valence-corrected chi connectivity index (χ0v) is 19.8. The predicted octanol–water partition coefficient (Wildman–Crippen LogP) is 3.96. The maximum Gasteiger partial charge on any atom is 0.305 e. The van der Waals surface area contributed by atoms with Crippen molar-refractivity contribution in [2.45, 2.75) is 46.1 Å². The van der Waals surface area contributed by atoms with Crippen LogP contribution in [0.25, 0.3) is 5.69 Å². The Bertz CT molecular complexity index is 1120. The SMILES string of the molecule is COC(=O)CCc1c(C)nn(-c2ccc(C(=O)NC(C)Cc3cccc(OC)c3)cc2)c1C. The van der Waals surface area contributed by atoms with E-state index in [1.54, 1.807) is 19.2 Å². The number of nitrogens with zero attached hydrogens (tertiary/aromatic N) is 2. The summed E-state index contributed by atoms with van der Waals surface area (Å²) in [6.45, 7) is 5.90. The van der Waals surface area contributed by atoms with Gasteiger partial charge < -0.3 is 14.8 Å². The molecule has 0 saturated heterocycles. The molecule has 0 aliphatic heterocycles. The molecule has 7 heteroatoms. The molecule has 0 bridgehead atoms. The second kappa shape index (κ2) is 10.8. The highest BCUT2D eigenvalue weighted by Gasteiger charge is 2.16. The number of methoxy groups -OCH3 is 2. The van der Waals surface area contributed by atoms with E-state index in [0.717, 1.165) is 34.0 Å². The van der Waals surface area contributed by atoms with Crippen molar-refractivity contribution in [3.63, 3.8) is 0 Å². The maximum absolute atomic E-state index is 12.7. The average Bonchev–Trinajstić information content (AvgIpc) is 3.10. The number of hydrogen-bond acceptors (Lipinski definition) is 5. The summed E-state index contributed by atoms with van der Waals surface area (Å²) in [4.78, 5) is 24.2. The Balaban J connectivity index is 1.66. The first-order valence-corrected chi connectivity index (χ1v) is 11.0. The largest absolute Gasteiger partial charge is 0.497 e. The molecule has 174 valence electrons. The number of esters is 1. The van der Waals surface area contributed by atoms with Crippen LogP contribution in [0, 0.1) is 13.8 Å². The van der Waals surface area contributed by atoms with Crippen LogP contribution in [0.3, 0.4) is 0 Å². The molecule has 1 N–H and O–H groups in total. The highest BCUT2D eigenvalue weighted by Crippen LogP contribution is 2.20. The van der Waals surface area contributed by atoms with Gasteiger partial charge in [0.2, 0.25) is 0 Å². The van der Waals surface area contributed by atoms with Gasteiger partial charge in [0.15, 0.2) is 0 Å². The molecule has 0 aliphatic carbocycles. The number of aryl methyl sites for hydroxylation is 1. The van der Waals surface area contributed by atoms with Gasteiger partial charge in [0.05, 0.1) is 25.6 Å². The number of rotatable bonds is 9. The summed E-state index contributed by atoms with van der Waals surface area (Å²) in [6, 6.07) is 15.2. The summed E-state index contributed by atoms with van der Waals surface area (Å²) in [5, 5.41) is 7.67. The molecule has 2 aromatic carbocycles. The number of carbonyl (C=O) groups is 2. The quantitative estimate of drug-likeness (QED) is 0.500. The first-order chi connectivity index (χ1) is 15.8. The van der Waals surface area contributed by atoms with E-state index in [4.69, 9.17) is 9.47 Å². The molecule has 1 aromatic heterocycles. The van der Waals surface area contributed by atoms with E-state index < -0.39 is 0 Å². The molecule has 0 aliphatic rings. The highest BCUT2D eigenvalue weighted by molar-refractivity contribution is 5.94. The molecule has 0 saturated carbocycles. The Hall–Kier alpha value is -3.61. The van der Waals surface area contributed by atoms with Crippen molar-refractivity contribution in [2.24, 2.45) is 0 Å². The lowest BCUT2D eigenvalue weighted by atomic mass is 10.1. The summed E-state index contributed by atoms with van der Waals surface area (Å²) in [5.41, 5.74) is 5.44. The van der Waals surface area contributed by atoms with E-state index in [0.29, 0.717) is 24.8 Å². The fraction of sp³-hybridized carbons (Fsp3) is 0.346. The van der Waals surface area contributed by atoms with Crippen LogP contribution in [-0.4, -0.2) is 41.9 Å². The smallest absolute Gasteiger partial charge is 0.305 e. The Morgan fingerprint density at radius 3 is 2.48 bits per heavy atom. The van der Waals surface area contributed by atoms with Gasteiger partial charge in [0.25, 0.3) is 5.91 Å². The molecule has 33 heavy (non-hydrogen) atoms. The van der Waals surface area contributed by atoms with Gasteiger partial charge in [0, 0.05) is 23.7 Å². The maximum atomic E-state index is 12.7. The molecule has 3 rings (SSSR count). The van der Waals surface area contributed by atoms with Gasteiger partial charge >= 0.3 is 5.97 Å². The number of hydrogen-bond donors (Lipinski definition) is 1. The van der Waals surface area contributed by atoms with Crippen molar-refractivity contribution < 1.29 is 19.1 Å². The normalized spacial score (nSPS) is 11.7. The summed E-state index contributed by atoms with van der Waals surface area (Å²) < 4.78 is 11.8. The van der Waals surface area contributed by atoms with Gasteiger partial charge in [-0.3, -0.25) is 9.59 Å². The Morgan fingerprint density at radius 2 is 1.82 bits per heavy atom. The molecule has 1 amide bonds. The van der Waals surface area contributed by atoms with Gasteiger partial charge in [-0.25, -0.2) is 4.68 Å². The Labute approximate surface area is 194 Å². The molecule has 1 unspecified atom stereocenters. The van der Waals surface area contributed by atoms with Crippen LogP contribution in [-0.2, 0) is 22.4 Å². The molecule has 1 atom stereocenters. The Kier molecular flexibility index (Phi) is 7.87. The highest BCUT2D eigenvalue weighted by atomic mass is 16.5. The number of amides is 1. The van der Waals surface area contributed by atoms with E-state index in [9.17, 15) is 9.59 Å². The molecular weight excluding hydrogens is 418 g/mol. The second-order valence-corrected chi connectivity index (χ2v) is 8.11. The predicted molar refractivity (Wildman–Crippen MR) is 127 cm³/mol. The van der Waals surface area contributed by atoms with Gasteiger partial charge in [-0.05, 0) is 81.1 Å². The third-order valence-electron chi connectivity index (χ3n) is 5.68. The monoisotopic (exact) mass is 449 g/mol. The topological polar surface area (TPSA) is 82.5 Å². The molecular formula is C26H31N3O4. The minimum absolute atomic E-state index is 0.0299. The van der Waals surface area contributed by atoms with Gasteiger partial charge in [-0.15, -0.1) is 0 Å². The number of ether oxygens (including phenoxy) is 2. The van der Waals surface area contributed by atoms with E-state index in [1.165, 1.54) is 7.11 Å². The molecule has 0 radical (unpaired) electrons. The zero-order chi connectivity index (χ0) is 24.0. The first kappa shape index (κ1) is 24.0. The van der Waals surface area contributed by atoms with E-state index in [-0.39, 0.29) is 17.9 Å². The van der Waals surface area contributed by atoms with E-state index >= 15 is 0 Å². The van der Waals surface area contributed by atoms with Crippen molar-refractivity contribution in [1.29, 1.82) is 0 Å². The fourth-order valence-electron chi connectivity index (χ4n) is 3.88. The van der Waals surface area contributed by atoms with Crippen molar-refractivity contribution in [2.75, 3.05) is 14.2 Å². The van der Waals surface area contributed by atoms with Crippen LogP contribution in [0.5, 0.6) is 5.75 Å². The average molecular weight is 450 g/mol. The van der Waals surface area contributed by atoms with Gasteiger partial charge in [-0.1, -0.05) is 12.1 Å². The lowest BCUT2D eigenvalue weighted by Crippen LogP contribution is -2.34. The number of nitrogens with one attached hydrogen (secondary N) is 1. The second-order valence-electron chi connectivity index (χ2n) is 8.11. The van der Waals surface area contributed by atoms with Crippen LogP contribution in [0.2, 0.25) is 0 Å². The van der Waals surface area contributed by atoms with E-state index in [2.05, 4.69) is 10.4 Å². The molecule has 0 spiro atoms. The molecule has 3 aromatic rings. The minimum atomic E-state index is -0.238. The number of aromatic nitrogens is 2. The molecule has 1 heterocycles. The van der Waals surface area contributed by atoms with Crippen LogP contribution in [0.1, 0.15) is 46.2 Å². The van der Waals surface area contributed by atoms with Gasteiger partial charge in [0.1, 0.15) is 5.75 Å². The van der Waals surface area contributed by atoms with Crippen LogP contribution in [0.15, 0.2) is 48.5 Å². The van der Waals surface area contributed by atoms with Crippen molar-refractivity contribution in [3.8, 4) is 11.4 Å². The van der Waals surface area contributed by atoms with Crippen LogP contribution < -0.4 is 10.1 Å². The van der Waals surface area contributed by atoms with Crippen molar-refractivity contribution in [3.05, 3.63) is 76.6 Å². The zero-order valence-electron chi connectivity index (χ0n) is 19.8. The lowest BCUT2D eigenvalue weighted by molar-refractivity contribution is -0.140. The molecule has 0 fully saturated rings. The summed E-state index contributed by atoms with van der Waals surface area (Å²) >= 11 is 0. The van der Waals surface area contributed by atoms with Crippen molar-refractivity contribution in [1.82, 2.24) is 15.1 Å². The number of benzene rings is 2. The van der Waals surface area contributed by atoms with Crippen LogP contribution >= 0.6 is 0 Å². The third-order valence-corrected chi connectivity index (χ3v) is 5.68. The third kappa shape index (κ3) is 6.00. The lowest BCUT2D eigenvalue weighted by Gasteiger charge is -2.15. The minimum Gasteiger partial charge on any atom is -0.497 e. The first-order valence-electron chi connectivity index (χ1n) is 11.0. The Morgan fingerprint density at radius 1 is 1.09 bits per heavy atom. The van der Waals surface area contributed by atoms with Crippen molar-refractivity contribution >= 4 is 11.9 Å². The standard InChI is InChI=1S/C26H31N3O4/c1-17(15-20-7-6-8-23(16-20)32-4)27-26(31)21-9-11-22(12-10-21)29-19(3)24(18(2)28-29)13-14-25(30)33-5/h6-12,16-17H,13-15H2,1-5H3,(H,27,31). The number of carbonyl (C=O) groups excluding carboxylic acids is 2.